The molecule has 0 unspecified atom stereocenters. The molecule has 0 saturated carbocycles. The summed E-state index contributed by atoms with van der Waals surface area (Å²) in [4.78, 5) is 19.2. The highest BCUT2D eigenvalue weighted by Gasteiger charge is 2.21. The summed E-state index contributed by atoms with van der Waals surface area (Å²) in [5.74, 6) is 0.327. The predicted molar refractivity (Wildman–Crippen MR) is 110 cm³/mol. The molecule has 136 valence electrons. The number of para-hydroxylation sites is 1. The van der Waals surface area contributed by atoms with Crippen LogP contribution in [0, 0.1) is 0 Å². The van der Waals surface area contributed by atoms with E-state index in [-0.39, 0.29) is 5.91 Å². The average molecular weight is 357 g/mol. The summed E-state index contributed by atoms with van der Waals surface area (Å²) >= 11 is 0. The molecular weight excluding hydrogens is 334 g/mol. The number of pyridine rings is 1. The number of nitrogens with one attached hydrogen (secondary N) is 1. The Morgan fingerprint density at radius 2 is 1.85 bits per heavy atom. The van der Waals surface area contributed by atoms with Crippen molar-refractivity contribution in [3.63, 3.8) is 0 Å². The van der Waals surface area contributed by atoms with E-state index >= 15 is 0 Å². The van der Waals surface area contributed by atoms with E-state index in [4.69, 9.17) is 0 Å². The van der Waals surface area contributed by atoms with Crippen molar-refractivity contribution in [1.82, 2.24) is 4.98 Å². The van der Waals surface area contributed by atoms with E-state index in [1.54, 1.807) is 6.20 Å². The van der Waals surface area contributed by atoms with Gasteiger partial charge < -0.3 is 10.2 Å². The summed E-state index contributed by atoms with van der Waals surface area (Å²) in [5, 5.41) is 2.96. The van der Waals surface area contributed by atoms with Crippen LogP contribution in [0.15, 0.2) is 67.0 Å². The van der Waals surface area contributed by atoms with Crippen LogP contribution in [-0.4, -0.2) is 17.4 Å². The first-order valence-corrected chi connectivity index (χ1v) is 9.33. The number of rotatable bonds is 4. The normalized spacial score (nSPS) is 12.9. The number of carbonyl (C=O) groups excluding carboxylic acids is 1. The van der Waals surface area contributed by atoms with Crippen molar-refractivity contribution in [2.75, 3.05) is 16.8 Å². The van der Waals surface area contributed by atoms with Crippen LogP contribution >= 0.6 is 0 Å². The summed E-state index contributed by atoms with van der Waals surface area (Å²) in [6.07, 6.45) is 4.44. The molecule has 1 aromatic heterocycles. The van der Waals surface area contributed by atoms with Crippen LogP contribution in [-0.2, 0) is 6.42 Å². The fourth-order valence-corrected chi connectivity index (χ4v) is 3.46. The minimum absolute atomic E-state index is 0.144. The number of fused-ring (bicyclic) bond motifs is 1. The molecule has 0 spiro atoms. The summed E-state index contributed by atoms with van der Waals surface area (Å²) in [5.41, 5.74) is 6.08. The lowest BCUT2D eigenvalue weighted by molar-refractivity contribution is 0.102. The highest BCUT2D eigenvalue weighted by molar-refractivity contribution is 6.04. The molecule has 2 heterocycles. The van der Waals surface area contributed by atoms with E-state index in [1.165, 1.54) is 16.8 Å². The molecule has 4 rings (SSSR count). The Labute approximate surface area is 159 Å². The van der Waals surface area contributed by atoms with Gasteiger partial charge in [0.15, 0.2) is 0 Å². The van der Waals surface area contributed by atoms with Crippen LogP contribution in [0.1, 0.15) is 41.3 Å². The van der Waals surface area contributed by atoms with Crippen molar-refractivity contribution in [3.05, 3.63) is 83.7 Å². The van der Waals surface area contributed by atoms with Gasteiger partial charge in [0.1, 0.15) is 0 Å². The summed E-state index contributed by atoms with van der Waals surface area (Å²) in [6.45, 7) is 5.21. The van der Waals surface area contributed by atoms with E-state index in [2.05, 4.69) is 59.4 Å². The third-order valence-corrected chi connectivity index (χ3v) is 5.02. The molecule has 0 radical (unpaired) electrons. The van der Waals surface area contributed by atoms with Gasteiger partial charge in [0.05, 0.1) is 17.4 Å². The van der Waals surface area contributed by atoms with E-state index in [0.717, 1.165) is 24.3 Å². The number of amides is 1. The van der Waals surface area contributed by atoms with Crippen LogP contribution in [0.4, 0.5) is 17.1 Å². The van der Waals surface area contributed by atoms with Crippen molar-refractivity contribution in [3.8, 4) is 0 Å². The lowest BCUT2D eigenvalue weighted by Gasteiger charge is -2.19. The second kappa shape index (κ2) is 7.23. The molecule has 0 aliphatic carbocycles. The van der Waals surface area contributed by atoms with Crippen molar-refractivity contribution in [1.29, 1.82) is 0 Å². The lowest BCUT2D eigenvalue weighted by Crippen LogP contribution is -2.16. The average Bonchev–Trinajstić information content (AvgIpc) is 3.12. The van der Waals surface area contributed by atoms with Gasteiger partial charge in [-0.15, -0.1) is 0 Å². The first-order valence-electron chi connectivity index (χ1n) is 9.33. The quantitative estimate of drug-likeness (QED) is 0.702. The molecule has 1 aliphatic heterocycles. The molecule has 4 nitrogen and oxygen atoms in total. The van der Waals surface area contributed by atoms with E-state index in [9.17, 15) is 4.79 Å². The minimum atomic E-state index is -0.144. The Morgan fingerprint density at radius 3 is 2.63 bits per heavy atom. The standard InChI is InChI=1S/C23H23N3O/c1-16(2)17-7-9-20(10-8-17)25-23(27)19-13-21(15-24-14-19)26-12-11-18-5-3-4-6-22(18)26/h3-10,13-16H,11-12H2,1-2H3,(H,25,27). The molecule has 0 bridgehead atoms. The van der Waals surface area contributed by atoms with Gasteiger partial charge in [-0.3, -0.25) is 9.78 Å². The number of hydrogen-bond acceptors (Lipinski definition) is 3. The summed E-state index contributed by atoms with van der Waals surface area (Å²) < 4.78 is 0. The topological polar surface area (TPSA) is 45.2 Å². The van der Waals surface area contributed by atoms with Gasteiger partial charge >= 0.3 is 0 Å². The van der Waals surface area contributed by atoms with Gasteiger partial charge in [-0.05, 0) is 47.7 Å². The number of anilines is 3. The Morgan fingerprint density at radius 1 is 1.07 bits per heavy atom. The number of nitrogens with zero attached hydrogens (tertiary/aromatic N) is 2. The monoisotopic (exact) mass is 357 g/mol. The molecule has 1 aliphatic rings. The second-order valence-corrected chi connectivity index (χ2v) is 7.19. The molecule has 4 heteroatoms. The molecule has 1 N–H and O–H groups in total. The maximum absolute atomic E-state index is 12.7. The van der Waals surface area contributed by atoms with Gasteiger partial charge in [-0.25, -0.2) is 0 Å². The number of hydrogen-bond donors (Lipinski definition) is 1. The zero-order chi connectivity index (χ0) is 18.8. The van der Waals surface area contributed by atoms with Crippen LogP contribution in [0.5, 0.6) is 0 Å². The third-order valence-electron chi connectivity index (χ3n) is 5.02. The van der Waals surface area contributed by atoms with E-state index in [1.807, 2.05) is 30.5 Å². The molecule has 0 saturated heterocycles. The SMILES string of the molecule is CC(C)c1ccc(NC(=O)c2cncc(N3CCc4ccccc43)c2)cc1. The predicted octanol–water partition coefficient (Wildman–Crippen LogP) is 5.15. The molecule has 0 fully saturated rings. The van der Waals surface area contributed by atoms with Crippen LogP contribution < -0.4 is 10.2 Å². The van der Waals surface area contributed by atoms with Gasteiger partial charge in [-0.2, -0.15) is 0 Å². The van der Waals surface area contributed by atoms with Crippen molar-refractivity contribution in [2.24, 2.45) is 0 Å². The highest BCUT2D eigenvalue weighted by Crippen LogP contribution is 2.34. The van der Waals surface area contributed by atoms with Gasteiger partial charge in [0.25, 0.3) is 5.91 Å². The summed E-state index contributed by atoms with van der Waals surface area (Å²) in [7, 11) is 0. The molecule has 3 aromatic rings. The van der Waals surface area contributed by atoms with Crippen molar-refractivity contribution >= 4 is 23.0 Å². The fourth-order valence-electron chi connectivity index (χ4n) is 3.46. The Balaban J connectivity index is 1.53. The van der Waals surface area contributed by atoms with Gasteiger partial charge in [0, 0.05) is 24.1 Å². The van der Waals surface area contributed by atoms with Gasteiger partial charge in [-0.1, -0.05) is 44.2 Å². The molecule has 1 amide bonds. The third kappa shape index (κ3) is 3.56. The molecule has 0 atom stereocenters. The first kappa shape index (κ1) is 17.3. The summed E-state index contributed by atoms with van der Waals surface area (Å²) in [6, 6.07) is 18.3. The fraction of sp³-hybridized carbons (Fsp3) is 0.217. The van der Waals surface area contributed by atoms with E-state index in [0.29, 0.717) is 11.5 Å². The van der Waals surface area contributed by atoms with Crippen molar-refractivity contribution in [2.45, 2.75) is 26.2 Å². The second-order valence-electron chi connectivity index (χ2n) is 7.19. The van der Waals surface area contributed by atoms with Gasteiger partial charge in [0.2, 0.25) is 0 Å². The largest absolute Gasteiger partial charge is 0.340 e. The Bertz CT molecular complexity index is 963. The molecule has 2 aromatic carbocycles. The maximum Gasteiger partial charge on any atom is 0.257 e. The number of aromatic nitrogens is 1. The van der Waals surface area contributed by atoms with Crippen LogP contribution in [0.25, 0.3) is 0 Å². The Hall–Kier alpha value is -3.14. The lowest BCUT2D eigenvalue weighted by atomic mass is 10.0. The zero-order valence-electron chi connectivity index (χ0n) is 15.6. The molecule has 27 heavy (non-hydrogen) atoms. The highest BCUT2D eigenvalue weighted by atomic mass is 16.1. The van der Waals surface area contributed by atoms with E-state index < -0.39 is 0 Å². The van der Waals surface area contributed by atoms with Crippen LogP contribution in [0.3, 0.4) is 0 Å². The number of carbonyl (C=O) groups is 1. The minimum Gasteiger partial charge on any atom is -0.340 e. The smallest absolute Gasteiger partial charge is 0.257 e. The first-order chi connectivity index (χ1) is 13.1. The van der Waals surface area contributed by atoms with Crippen molar-refractivity contribution < 1.29 is 4.79 Å². The Kier molecular flexibility index (Phi) is 4.63. The van der Waals surface area contributed by atoms with Crippen LogP contribution in [0.2, 0.25) is 0 Å². The maximum atomic E-state index is 12.7. The zero-order valence-corrected chi connectivity index (χ0v) is 15.6. The number of benzene rings is 2. The molecular formula is C23H23N3O.